The number of unbranched alkanes of at least 4 members (excludes halogenated alkanes) is 3. The van der Waals surface area contributed by atoms with Gasteiger partial charge in [-0.05, 0) is 92.6 Å². The molecule has 7 rings (SSSR count). The number of nitrogens with two attached hydrogens (primary N) is 1. The third-order valence-corrected chi connectivity index (χ3v) is 12.4. The van der Waals surface area contributed by atoms with Crippen LogP contribution in [0.3, 0.4) is 0 Å². The smallest absolute Gasteiger partial charge is 0.418 e. The minimum atomic E-state index is -1.60. The van der Waals surface area contributed by atoms with Crippen LogP contribution in [-0.2, 0) is 52.1 Å². The second kappa shape index (κ2) is 18.8. The summed E-state index contributed by atoms with van der Waals surface area (Å²) >= 11 is 0. The second-order valence-corrected chi connectivity index (χ2v) is 16.8. The van der Waals surface area contributed by atoms with E-state index in [1.165, 1.54) is 36.1 Å². The first-order valence-electron chi connectivity index (χ1n) is 21.4. The molecule has 336 valence electrons. The minimum Gasteiger partial charge on any atom is -0.427 e. The van der Waals surface area contributed by atoms with E-state index in [-0.39, 0.29) is 49.3 Å². The Balaban J connectivity index is 0.919. The average molecular weight is 880 g/mol. The summed E-state index contributed by atoms with van der Waals surface area (Å²) < 4.78 is 19.6. The fourth-order valence-corrected chi connectivity index (χ4v) is 9.03. The van der Waals surface area contributed by atoms with Crippen molar-refractivity contribution in [3.05, 3.63) is 94.3 Å². The first-order valence-corrected chi connectivity index (χ1v) is 21.4. The highest BCUT2D eigenvalue weighted by Crippen LogP contribution is 2.46. The molecule has 0 radical (unpaired) electrons. The topological polar surface area (TPSA) is 235 Å². The van der Waals surface area contributed by atoms with Gasteiger partial charge in [-0.1, -0.05) is 37.5 Å². The maximum Gasteiger partial charge on any atom is 0.418 e. The summed E-state index contributed by atoms with van der Waals surface area (Å²) in [6.45, 7) is 3.06. The highest BCUT2D eigenvalue weighted by Gasteiger charge is 2.58. The lowest BCUT2D eigenvalue weighted by molar-refractivity contribution is -0.143. The number of carbonyl (C=O) groups excluding carboxylic acids is 9. The molecule has 2 saturated heterocycles. The SMILES string of the molecule is CC(=O)Nc1ccc2c(c1)CC[C@@]21OC(=O)N(CC(=O)N(Cc2ccc(F)cc2)[C@@H](C)CC(CCCCCCNc2ccc3c(c2)C(=O)N(C2CCC(=O)NC2=O)C3=O)C(N)=O)C1=O. The summed E-state index contributed by atoms with van der Waals surface area (Å²) in [5.74, 6) is -5.41. The predicted octanol–water partition coefficient (Wildman–Crippen LogP) is 4.28. The van der Waals surface area contributed by atoms with Crippen LogP contribution in [0.5, 0.6) is 0 Å². The zero-order chi connectivity index (χ0) is 45.9. The Kier molecular flexibility index (Phi) is 13.2. The highest BCUT2D eigenvalue weighted by molar-refractivity contribution is 6.23. The van der Waals surface area contributed by atoms with Crippen molar-refractivity contribution in [2.45, 2.75) is 102 Å². The lowest BCUT2D eigenvalue weighted by atomic mass is 9.92. The predicted molar refractivity (Wildman–Crippen MR) is 227 cm³/mol. The fraction of sp³-hybridized carbons (Fsp3) is 0.413. The van der Waals surface area contributed by atoms with Gasteiger partial charge >= 0.3 is 6.09 Å². The van der Waals surface area contributed by atoms with Gasteiger partial charge < -0.3 is 26.0 Å². The fourth-order valence-electron chi connectivity index (χ4n) is 9.03. The summed E-state index contributed by atoms with van der Waals surface area (Å²) in [6.07, 6.45) is 3.29. The van der Waals surface area contributed by atoms with Crippen molar-refractivity contribution >= 4 is 64.7 Å². The number of anilines is 2. The zero-order valence-corrected chi connectivity index (χ0v) is 35.6. The number of piperidine rings is 1. The molecule has 4 atom stereocenters. The summed E-state index contributed by atoms with van der Waals surface area (Å²) in [5.41, 5.74) is 7.62. The van der Waals surface area contributed by atoms with Crippen molar-refractivity contribution in [3.8, 4) is 0 Å². The number of hydrogen-bond acceptors (Lipinski definition) is 11. The Labute approximate surface area is 368 Å². The molecule has 1 spiro atoms. The molecule has 18 heteroatoms. The Hall–Kier alpha value is -6.98. The molecular formula is C46H50FN7O10. The van der Waals surface area contributed by atoms with Crippen LogP contribution >= 0.6 is 0 Å². The monoisotopic (exact) mass is 879 g/mol. The Morgan fingerprint density at radius 1 is 0.922 bits per heavy atom. The molecule has 9 amide bonds. The van der Waals surface area contributed by atoms with E-state index in [1.807, 2.05) is 0 Å². The lowest BCUT2D eigenvalue weighted by Gasteiger charge is -2.32. The number of primary amides is 1. The summed E-state index contributed by atoms with van der Waals surface area (Å²) in [7, 11) is 0. The number of benzene rings is 3. The molecule has 3 heterocycles. The van der Waals surface area contributed by atoms with Crippen LogP contribution in [0.15, 0.2) is 60.7 Å². The van der Waals surface area contributed by atoms with Gasteiger partial charge in [-0.2, -0.15) is 0 Å². The molecule has 3 aromatic carbocycles. The third kappa shape index (κ3) is 9.35. The van der Waals surface area contributed by atoms with Gasteiger partial charge in [-0.25, -0.2) is 14.1 Å². The average Bonchev–Trinajstić information content (AvgIpc) is 3.82. The van der Waals surface area contributed by atoms with E-state index in [0.717, 1.165) is 34.6 Å². The largest absolute Gasteiger partial charge is 0.427 e. The molecule has 3 aliphatic heterocycles. The first-order chi connectivity index (χ1) is 30.6. The lowest BCUT2D eigenvalue weighted by Crippen LogP contribution is -2.54. The van der Waals surface area contributed by atoms with E-state index in [2.05, 4.69) is 16.0 Å². The van der Waals surface area contributed by atoms with Gasteiger partial charge in [0.2, 0.25) is 35.1 Å². The number of hydrogen-bond donors (Lipinski definition) is 4. The molecule has 2 fully saturated rings. The van der Waals surface area contributed by atoms with E-state index in [1.54, 1.807) is 43.3 Å². The van der Waals surface area contributed by atoms with Gasteiger partial charge in [0.25, 0.3) is 17.7 Å². The standard InChI is InChI=1S/C46H50FN7O10/c1-26(21-30(40(48)58)7-5-3-4-6-20-49-32-12-14-34-35(23-32)43(61)54(42(34)60)37-16-17-38(56)51-41(37)59)52(24-28-8-10-31(47)11-9-28)39(57)25-53-44(62)46(64-45(53)63)19-18-29-22-33(50-27(2)55)13-15-36(29)46/h8-15,22-23,26,30,37,49H,3-7,16-21,24-25H2,1-2H3,(H2,48,58)(H,50,55)(H,51,56,59)/t26-,30?,37?,46+/m0/s1. The number of carbonyl (C=O) groups is 9. The van der Waals surface area contributed by atoms with Gasteiger partial charge in [0.1, 0.15) is 18.4 Å². The maximum absolute atomic E-state index is 14.1. The van der Waals surface area contributed by atoms with Gasteiger partial charge in [0.05, 0.1) is 11.1 Å². The maximum atomic E-state index is 14.1. The van der Waals surface area contributed by atoms with Crippen LogP contribution in [-0.4, -0.2) is 93.2 Å². The molecule has 3 aromatic rings. The number of fused-ring (bicyclic) bond motifs is 3. The van der Waals surface area contributed by atoms with Crippen molar-refractivity contribution in [1.82, 2.24) is 20.0 Å². The van der Waals surface area contributed by atoms with E-state index >= 15 is 0 Å². The van der Waals surface area contributed by atoms with E-state index in [9.17, 15) is 47.5 Å². The number of imide groups is 3. The van der Waals surface area contributed by atoms with Gasteiger partial charge in [-0.3, -0.25) is 48.6 Å². The third-order valence-electron chi connectivity index (χ3n) is 12.4. The van der Waals surface area contributed by atoms with E-state index in [4.69, 9.17) is 10.5 Å². The summed E-state index contributed by atoms with van der Waals surface area (Å²) in [6, 6.07) is 13.7. The number of aryl methyl sites for hydroxylation is 1. The number of nitrogens with one attached hydrogen (secondary N) is 3. The molecule has 64 heavy (non-hydrogen) atoms. The molecule has 4 aliphatic rings. The summed E-state index contributed by atoms with van der Waals surface area (Å²) in [5, 5.41) is 8.15. The summed E-state index contributed by atoms with van der Waals surface area (Å²) in [4.78, 5) is 119. The normalized spacial score (nSPS) is 19.9. The van der Waals surface area contributed by atoms with Crippen LogP contribution < -0.4 is 21.7 Å². The quantitative estimate of drug-likeness (QED) is 0.104. The first kappa shape index (κ1) is 45.1. The van der Waals surface area contributed by atoms with Crippen molar-refractivity contribution in [1.29, 1.82) is 0 Å². The van der Waals surface area contributed by atoms with Crippen molar-refractivity contribution in [2.75, 3.05) is 23.7 Å². The van der Waals surface area contributed by atoms with E-state index in [0.29, 0.717) is 48.3 Å². The zero-order valence-electron chi connectivity index (χ0n) is 35.6. The number of ether oxygens (including phenoxy) is 1. The van der Waals surface area contributed by atoms with E-state index < -0.39 is 83.4 Å². The molecule has 5 N–H and O–H groups in total. The van der Waals surface area contributed by atoms with Gasteiger partial charge in [-0.15, -0.1) is 0 Å². The molecular weight excluding hydrogens is 830 g/mol. The molecule has 0 aromatic heterocycles. The number of rotatable bonds is 18. The second-order valence-electron chi connectivity index (χ2n) is 16.8. The van der Waals surface area contributed by atoms with Gasteiger partial charge in [0, 0.05) is 61.8 Å². The molecule has 2 unspecified atom stereocenters. The molecule has 0 saturated carbocycles. The Morgan fingerprint density at radius 3 is 2.36 bits per heavy atom. The number of amides is 9. The van der Waals surface area contributed by atoms with Crippen LogP contribution in [0.2, 0.25) is 0 Å². The number of nitrogens with zero attached hydrogens (tertiary/aromatic N) is 3. The van der Waals surface area contributed by atoms with Crippen molar-refractivity contribution in [3.63, 3.8) is 0 Å². The highest BCUT2D eigenvalue weighted by atomic mass is 19.1. The molecule has 17 nitrogen and oxygen atoms in total. The van der Waals surface area contributed by atoms with Crippen molar-refractivity contribution in [2.24, 2.45) is 11.7 Å². The van der Waals surface area contributed by atoms with Crippen molar-refractivity contribution < 1.29 is 52.3 Å². The number of halogens is 1. The van der Waals surface area contributed by atoms with Crippen LogP contribution in [0.4, 0.5) is 20.6 Å². The van der Waals surface area contributed by atoms with Crippen LogP contribution in [0, 0.1) is 11.7 Å². The molecule has 1 aliphatic carbocycles. The van der Waals surface area contributed by atoms with Crippen LogP contribution in [0.25, 0.3) is 0 Å². The Morgan fingerprint density at radius 2 is 1.64 bits per heavy atom. The molecule has 0 bridgehead atoms. The van der Waals surface area contributed by atoms with Crippen LogP contribution in [0.1, 0.15) is 109 Å². The minimum absolute atomic E-state index is 0.00250. The Bertz CT molecular complexity index is 2420. The van der Waals surface area contributed by atoms with Gasteiger partial charge in [0.15, 0.2) is 0 Å².